The van der Waals surface area contributed by atoms with Crippen LogP contribution in [0.25, 0.3) is 0 Å². The van der Waals surface area contributed by atoms with Gasteiger partial charge in [0.2, 0.25) is 11.8 Å². The molecule has 0 aromatic heterocycles. The van der Waals surface area contributed by atoms with Crippen LogP contribution in [0.1, 0.15) is 31.4 Å². The number of aromatic hydroxyl groups is 1. The van der Waals surface area contributed by atoms with Gasteiger partial charge in [-0.15, -0.1) is 23.5 Å². The van der Waals surface area contributed by atoms with Crippen molar-refractivity contribution in [1.82, 2.24) is 20.4 Å². The molecule has 2 fully saturated rings. The Labute approximate surface area is 306 Å². The number of ether oxygens (including phenoxy) is 1. The predicted octanol–water partition coefficient (Wildman–Crippen LogP) is 0.639. The molecule has 0 spiro atoms. The third-order valence-corrected chi connectivity index (χ3v) is 11.4. The zero-order chi connectivity index (χ0) is 37.9. The standard InChI is InChI=1S/C18H19N3O5S.C16H19N3O5S/c1-2-3-10-8-27-17-13(16(24)21(17)14(10)18(25)26)20-15(23)12(19)9-4-6-11(22)7-5-9;1-24-9-7-25-15-11(14(21)19(15)12(9)16(22)23)18-13(20)10(17)8-5-3-2-4-6-8/h2-7,12-13,17,22H,8,19H2,1H3,(H,20,23)(H,25,26);2-3,6,10-11,15H,4-5,7,17H2,1H3,(H,18,20)(H,22,23)/b3-2+;/t12-,13-,17-;10-,11-,15-/m11/s1. The molecule has 1 aromatic rings. The number of carboxylic acids is 2. The van der Waals surface area contributed by atoms with Crippen LogP contribution in [0, 0.1) is 0 Å². The van der Waals surface area contributed by atoms with Gasteiger partial charge >= 0.3 is 11.9 Å². The normalized spacial score (nSPS) is 24.7. The lowest BCUT2D eigenvalue weighted by atomic mass is 9.97. The van der Waals surface area contributed by atoms with Crippen molar-refractivity contribution in [3.8, 4) is 5.75 Å². The monoisotopic (exact) mass is 754 g/mol. The molecule has 16 nitrogen and oxygen atoms in total. The van der Waals surface area contributed by atoms with Crippen LogP contribution in [-0.2, 0) is 33.5 Å². The van der Waals surface area contributed by atoms with Gasteiger partial charge in [-0.2, -0.15) is 0 Å². The molecular weight excluding hydrogens is 717 g/mol. The number of carbonyl (C=O) groups is 6. The summed E-state index contributed by atoms with van der Waals surface area (Å²) in [5.74, 6) is -3.28. The van der Waals surface area contributed by atoms with E-state index in [0.717, 1.165) is 16.9 Å². The Morgan fingerprint density at radius 3 is 1.96 bits per heavy atom. The number of aliphatic carboxylic acids is 2. The Balaban J connectivity index is 0.000000202. The quantitative estimate of drug-likeness (QED) is 0.128. The summed E-state index contributed by atoms with van der Waals surface area (Å²) in [7, 11) is 1.37. The molecule has 5 aliphatic rings. The Morgan fingerprint density at radius 2 is 1.44 bits per heavy atom. The number of nitrogens with zero attached hydrogens (tertiary/aromatic N) is 2. The van der Waals surface area contributed by atoms with E-state index >= 15 is 0 Å². The highest BCUT2D eigenvalue weighted by atomic mass is 32.2. The fourth-order valence-corrected chi connectivity index (χ4v) is 8.71. The minimum Gasteiger partial charge on any atom is -0.508 e. The molecule has 0 saturated carbocycles. The molecule has 6 atom stereocenters. The van der Waals surface area contributed by atoms with Crippen LogP contribution >= 0.6 is 23.5 Å². The number of allylic oxidation sites excluding steroid dienone is 5. The first-order valence-electron chi connectivity index (χ1n) is 16.0. The van der Waals surface area contributed by atoms with Gasteiger partial charge in [0.25, 0.3) is 11.8 Å². The van der Waals surface area contributed by atoms with Crippen molar-refractivity contribution < 1.29 is 48.8 Å². The van der Waals surface area contributed by atoms with Crippen LogP contribution in [-0.4, -0.2) is 108 Å². The summed E-state index contributed by atoms with van der Waals surface area (Å²) in [6.45, 7) is 1.77. The highest BCUT2D eigenvalue weighted by Crippen LogP contribution is 2.42. The predicted molar refractivity (Wildman–Crippen MR) is 191 cm³/mol. The van der Waals surface area contributed by atoms with E-state index in [1.165, 1.54) is 59.8 Å². The van der Waals surface area contributed by atoms with Crippen molar-refractivity contribution in [2.45, 2.75) is 54.7 Å². The van der Waals surface area contributed by atoms with Crippen molar-refractivity contribution in [2.24, 2.45) is 11.5 Å². The highest BCUT2D eigenvalue weighted by molar-refractivity contribution is 8.00. The molecule has 4 amide bonds. The molecule has 52 heavy (non-hydrogen) atoms. The van der Waals surface area contributed by atoms with E-state index in [-0.39, 0.29) is 22.9 Å². The molecule has 0 unspecified atom stereocenters. The first-order valence-corrected chi connectivity index (χ1v) is 18.1. The van der Waals surface area contributed by atoms with E-state index in [1.54, 1.807) is 19.1 Å². The number of phenolic OH excluding ortho intramolecular Hbond substituents is 1. The van der Waals surface area contributed by atoms with Crippen molar-refractivity contribution in [2.75, 3.05) is 18.6 Å². The Kier molecular flexibility index (Phi) is 11.8. The second-order valence-corrected chi connectivity index (χ2v) is 14.2. The number of rotatable bonds is 10. The summed E-state index contributed by atoms with van der Waals surface area (Å²) in [6.07, 6.45) is 10.6. The molecule has 2 saturated heterocycles. The molecule has 276 valence electrons. The molecule has 6 rings (SSSR count). The SMILES string of the molecule is C/C=C/C1=C(C(=O)O)N2C(=O)[C@@H](NC(=O)[C@H](N)c3ccc(O)cc3)[C@H]2SC1.COC1=C(C(=O)O)N2C(=O)[C@@H](NC(=O)[C@H](N)C3=CCC=CC3)[C@H]2SC1. The number of nitrogens with one attached hydrogen (secondary N) is 2. The number of phenols is 1. The topological polar surface area (TPSA) is 255 Å². The number of methoxy groups -OCH3 is 1. The van der Waals surface area contributed by atoms with Gasteiger partial charge in [0.1, 0.15) is 52.1 Å². The lowest BCUT2D eigenvalue weighted by Gasteiger charge is -2.49. The molecule has 0 bridgehead atoms. The van der Waals surface area contributed by atoms with Crippen molar-refractivity contribution in [3.05, 3.63) is 88.5 Å². The number of benzene rings is 1. The first-order chi connectivity index (χ1) is 24.8. The van der Waals surface area contributed by atoms with E-state index in [9.17, 15) is 44.1 Å². The number of fused-ring (bicyclic) bond motifs is 2. The number of amides is 4. The summed E-state index contributed by atoms with van der Waals surface area (Å²) >= 11 is 2.74. The lowest BCUT2D eigenvalue weighted by Crippen LogP contribution is -2.71. The molecule has 1 aliphatic carbocycles. The minimum absolute atomic E-state index is 0.0461. The van der Waals surface area contributed by atoms with E-state index < -0.39 is 70.5 Å². The smallest absolute Gasteiger partial charge is 0.356 e. The molecule has 0 radical (unpaired) electrons. The molecule has 4 aliphatic heterocycles. The van der Waals surface area contributed by atoms with Gasteiger partial charge in [0.05, 0.1) is 12.9 Å². The second kappa shape index (κ2) is 16.1. The second-order valence-electron chi connectivity index (χ2n) is 12.0. The number of β-lactam (4-membered cyclic amide) rings is 2. The Bertz CT molecular complexity index is 1820. The number of carboxylic acid groups (broad SMARTS) is 2. The van der Waals surface area contributed by atoms with Crippen LogP contribution in [0.15, 0.2) is 82.9 Å². The average molecular weight is 755 g/mol. The van der Waals surface area contributed by atoms with E-state index in [0.29, 0.717) is 29.1 Å². The van der Waals surface area contributed by atoms with Gasteiger partial charge in [0.15, 0.2) is 5.70 Å². The van der Waals surface area contributed by atoms with Crippen molar-refractivity contribution in [3.63, 3.8) is 0 Å². The first kappa shape index (κ1) is 38.2. The third-order valence-electron chi connectivity index (χ3n) is 8.80. The zero-order valence-corrected chi connectivity index (χ0v) is 29.7. The molecule has 4 heterocycles. The number of thioether (sulfide) groups is 2. The van der Waals surface area contributed by atoms with Gasteiger partial charge in [-0.25, -0.2) is 9.59 Å². The number of nitrogens with two attached hydrogens (primary N) is 2. The summed E-state index contributed by atoms with van der Waals surface area (Å²) in [4.78, 5) is 75.1. The average Bonchev–Trinajstić information content (AvgIpc) is 3.15. The maximum absolute atomic E-state index is 12.5. The number of hydrogen-bond donors (Lipinski definition) is 7. The van der Waals surface area contributed by atoms with E-state index in [2.05, 4.69) is 10.6 Å². The zero-order valence-electron chi connectivity index (χ0n) is 28.1. The summed E-state index contributed by atoms with van der Waals surface area (Å²) in [5, 5.41) is 32.5. The molecular formula is C34H38N6O10S2. The van der Waals surface area contributed by atoms with Crippen molar-refractivity contribution in [1.29, 1.82) is 0 Å². The van der Waals surface area contributed by atoms with Gasteiger partial charge in [-0.3, -0.25) is 29.0 Å². The fraction of sp³-hybridized carbons (Fsp3) is 0.353. The van der Waals surface area contributed by atoms with E-state index in [4.69, 9.17) is 16.2 Å². The van der Waals surface area contributed by atoms with Gasteiger partial charge < -0.3 is 42.2 Å². The third kappa shape index (κ3) is 7.45. The largest absolute Gasteiger partial charge is 0.508 e. The molecule has 9 N–H and O–H groups in total. The number of carbonyl (C=O) groups excluding carboxylic acids is 4. The van der Waals surface area contributed by atoms with Gasteiger partial charge in [-0.05, 0) is 48.6 Å². The van der Waals surface area contributed by atoms with Crippen LogP contribution in [0.4, 0.5) is 0 Å². The Hall–Kier alpha value is -5.04. The van der Waals surface area contributed by atoms with Gasteiger partial charge in [0, 0.05) is 5.75 Å². The molecule has 18 heteroatoms. The van der Waals surface area contributed by atoms with Crippen LogP contribution in [0.2, 0.25) is 0 Å². The van der Waals surface area contributed by atoms with Crippen molar-refractivity contribution >= 4 is 59.1 Å². The molecule has 1 aromatic carbocycles. The summed E-state index contributed by atoms with van der Waals surface area (Å²) < 4.78 is 5.06. The lowest BCUT2D eigenvalue weighted by molar-refractivity contribution is -0.151. The number of hydrogen-bond acceptors (Lipinski definition) is 12. The van der Waals surface area contributed by atoms with E-state index in [1.807, 2.05) is 18.2 Å². The minimum atomic E-state index is -1.23. The maximum Gasteiger partial charge on any atom is 0.356 e. The summed E-state index contributed by atoms with van der Waals surface area (Å²) in [6, 6.07) is 2.46. The van der Waals surface area contributed by atoms with Gasteiger partial charge in [-0.1, -0.05) is 42.5 Å². The summed E-state index contributed by atoms with van der Waals surface area (Å²) in [5.41, 5.74) is 13.6. The van der Waals surface area contributed by atoms with Crippen LogP contribution < -0.4 is 22.1 Å². The Morgan fingerprint density at radius 1 is 0.885 bits per heavy atom. The van der Waals surface area contributed by atoms with Crippen LogP contribution in [0.5, 0.6) is 5.75 Å². The maximum atomic E-state index is 12.5. The van der Waals surface area contributed by atoms with Crippen LogP contribution in [0.3, 0.4) is 0 Å². The fourth-order valence-electron chi connectivity index (χ4n) is 6.08. The highest BCUT2D eigenvalue weighted by Gasteiger charge is 2.56.